The maximum atomic E-state index is 13.9. The van der Waals surface area contributed by atoms with E-state index in [1.54, 1.807) is 70.4 Å². The third-order valence-electron chi connectivity index (χ3n) is 6.65. The molecule has 1 aromatic carbocycles. The smallest absolute Gasteiger partial charge is 0.419 e. The minimum Gasteiger partial charge on any atom is -0.444 e. The summed E-state index contributed by atoms with van der Waals surface area (Å²) in [5.41, 5.74) is -1.28. The lowest BCUT2D eigenvalue weighted by molar-refractivity contribution is 0.0196. The van der Waals surface area contributed by atoms with E-state index in [-0.39, 0.29) is 24.3 Å². The molecule has 0 saturated heterocycles. The number of aryl methyl sites for hydroxylation is 1. The van der Waals surface area contributed by atoms with Gasteiger partial charge in [-0.2, -0.15) is 0 Å². The molecule has 12 nitrogen and oxygen atoms in total. The van der Waals surface area contributed by atoms with Crippen LogP contribution in [0.25, 0.3) is 22.1 Å². The molecule has 0 fully saturated rings. The van der Waals surface area contributed by atoms with Crippen LogP contribution in [-0.2, 0) is 36.2 Å². The quantitative estimate of drug-likeness (QED) is 0.348. The van der Waals surface area contributed by atoms with Crippen LogP contribution in [-0.4, -0.2) is 58.1 Å². The Kier molecular flexibility index (Phi) is 6.80. The van der Waals surface area contributed by atoms with Gasteiger partial charge in [0, 0.05) is 30.5 Å². The lowest BCUT2D eigenvalue weighted by atomic mass is 10.2. The number of fused-ring (bicyclic) bond motifs is 4. The van der Waals surface area contributed by atoms with E-state index in [4.69, 9.17) is 21.1 Å². The monoisotopic (exact) mass is 584 g/mol. The van der Waals surface area contributed by atoms with Gasteiger partial charge in [-0.3, -0.25) is 18.8 Å². The highest BCUT2D eigenvalue weighted by Crippen LogP contribution is 2.28. The molecule has 0 atom stereocenters. The first-order valence-corrected chi connectivity index (χ1v) is 13.6. The second-order valence-electron chi connectivity index (χ2n) is 12.1. The molecule has 0 unspecified atom stereocenters. The minimum atomic E-state index is -0.779. The molecule has 4 aromatic rings. The van der Waals surface area contributed by atoms with E-state index in [2.05, 4.69) is 4.98 Å². The highest BCUT2D eigenvalue weighted by Gasteiger charge is 2.30. The third-order valence-corrected chi connectivity index (χ3v) is 6.98. The van der Waals surface area contributed by atoms with Crippen LogP contribution in [0.15, 0.2) is 33.9 Å². The fraction of sp³-hybridized carbons (Fsp3) is 0.464. The van der Waals surface area contributed by atoms with E-state index in [1.807, 2.05) is 0 Å². The van der Waals surface area contributed by atoms with Crippen LogP contribution < -0.4 is 11.2 Å². The number of aromatic nitrogens is 5. The van der Waals surface area contributed by atoms with Gasteiger partial charge in [-0.1, -0.05) is 17.7 Å². The Balaban J connectivity index is 1.60. The molecule has 1 aliphatic heterocycles. The molecule has 4 heterocycles. The lowest BCUT2D eigenvalue weighted by Gasteiger charge is -2.30. The fourth-order valence-corrected chi connectivity index (χ4v) is 5.15. The molecule has 13 heteroatoms. The SMILES string of the molecule is Cn1c(=O)n(Cc2cc3c(Cl)cccc3n2C(=O)OC(C)(C)C)c(=O)c2c1nc1n2CCN(C(=O)OC(C)(C)C)C1. The predicted octanol–water partition coefficient (Wildman–Crippen LogP) is 4.09. The van der Waals surface area contributed by atoms with Crippen molar-refractivity contribution in [2.24, 2.45) is 7.05 Å². The van der Waals surface area contributed by atoms with Crippen molar-refractivity contribution < 1.29 is 19.1 Å². The van der Waals surface area contributed by atoms with E-state index in [9.17, 15) is 19.2 Å². The van der Waals surface area contributed by atoms with Crippen LogP contribution >= 0.6 is 11.6 Å². The molecule has 1 amide bonds. The van der Waals surface area contributed by atoms with E-state index in [0.717, 1.165) is 4.57 Å². The van der Waals surface area contributed by atoms with Crippen LogP contribution in [0, 0.1) is 0 Å². The fourth-order valence-electron chi connectivity index (χ4n) is 4.92. The Hall–Kier alpha value is -4.06. The van der Waals surface area contributed by atoms with Crippen LogP contribution in [0.2, 0.25) is 5.02 Å². The van der Waals surface area contributed by atoms with Crippen molar-refractivity contribution in [1.29, 1.82) is 0 Å². The molecule has 3 aromatic heterocycles. The summed E-state index contributed by atoms with van der Waals surface area (Å²) in [4.78, 5) is 59.4. The molecule has 41 heavy (non-hydrogen) atoms. The number of carbonyl (C=O) groups is 2. The van der Waals surface area contributed by atoms with Crippen LogP contribution in [0.1, 0.15) is 53.1 Å². The molecular weight excluding hydrogens is 552 g/mol. The van der Waals surface area contributed by atoms with Gasteiger partial charge in [-0.15, -0.1) is 0 Å². The van der Waals surface area contributed by atoms with Gasteiger partial charge in [0.05, 0.1) is 24.3 Å². The molecule has 0 aliphatic carbocycles. The first-order chi connectivity index (χ1) is 19.1. The molecule has 0 bridgehead atoms. The number of ether oxygens (including phenoxy) is 2. The maximum absolute atomic E-state index is 13.9. The minimum absolute atomic E-state index is 0.128. The van der Waals surface area contributed by atoms with Gasteiger partial charge >= 0.3 is 17.9 Å². The molecule has 0 saturated carbocycles. The van der Waals surface area contributed by atoms with Crippen molar-refractivity contribution in [2.45, 2.75) is 72.4 Å². The van der Waals surface area contributed by atoms with E-state index < -0.39 is 34.6 Å². The van der Waals surface area contributed by atoms with Gasteiger partial charge in [0.1, 0.15) is 17.0 Å². The summed E-state index contributed by atoms with van der Waals surface area (Å²) in [5, 5.41) is 1.01. The zero-order chi connectivity index (χ0) is 30.0. The molecule has 5 rings (SSSR count). The Morgan fingerprint density at radius 2 is 1.66 bits per heavy atom. The number of rotatable bonds is 2. The van der Waals surface area contributed by atoms with E-state index in [1.165, 1.54) is 21.1 Å². The number of hydrogen-bond acceptors (Lipinski definition) is 7. The summed E-state index contributed by atoms with van der Waals surface area (Å²) in [6, 6.07) is 6.82. The van der Waals surface area contributed by atoms with Crippen molar-refractivity contribution in [3.05, 3.63) is 61.6 Å². The first kappa shape index (κ1) is 28.5. The lowest BCUT2D eigenvalue weighted by Crippen LogP contribution is -2.43. The second kappa shape index (κ2) is 9.79. The number of amides is 1. The van der Waals surface area contributed by atoms with Crippen LogP contribution in [0.4, 0.5) is 9.59 Å². The van der Waals surface area contributed by atoms with Crippen molar-refractivity contribution >= 4 is 45.9 Å². The summed E-state index contributed by atoms with van der Waals surface area (Å²) in [5.74, 6) is 0.469. The summed E-state index contributed by atoms with van der Waals surface area (Å²) >= 11 is 6.43. The van der Waals surface area contributed by atoms with Crippen LogP contribution in [0.3, 0.4) is 0 Å². The van der Waals surface area contributed by atoms with Crippen molar-refractivity contribution in [2.75, 3.05) is 6.54 Å². The summed E-state index contributed by atoms with van der Waals surface area (Å²) in [6.07, 6.45) is -1.13. The largest absolute Gasteiger partial charge is 0.444 e. The second-order valence-corrected chi connectivity index (χ2v) is 12.5. The summed E-state index contributed by atoms with van der Waals surface area (Å²) < 4.78 is 16.6. The normalized spacial score (nSPS) is 14.0. The number of nitrogens with zero attached hydrogens (tertiary/aromatic N) is 6. The van der Waals surface area contributed by atoms with Crippen LogP contribution in [0.5, 0.6) is 0 Å². The van der Waals surface area contributed by atoms with Gasteiger partial charge in [0.2, 0.25) is 0 Å². The number of hydrogen-bond donors (Lipinski definition) is 0. The van der Waals surface area contributed by atoms with E-state index in [0.29, 0.717) is 40.5 Å². The topological polar surface area (TPSA) is 123 Å². The van der Waals surface area contributed by atoms with Gasteiger partial charge in [0.25, 0.3) is 5.56 Å². The Labute approximate surface area is 240 Å². The predicted molar refractivity (Wildman–Crippen MR) is 154 cm³/mol. The van der Waals surface area contributed by atoms with Gasteiger partial charge < -0.3 is 14.0 Å². The third kappa shape index (κ3) is 5.23. The number of carbonyl (C=O) groups excluding carboxylic acids is 2. The Bertz CT molecular complexity index is 1830. The average molecular weight is 585 g/mol. The van der Waals surface area contributed by atoms with Gasteiger partial charge in [-0.25, -0.2) is 23.9 Å². The summed E-state index contributed by atoms with van der Waals surface area (Å²) in [6.45, 7) is 11.2. The zero-order valence-corrected chi connectivity index (χ0v) is 24.9. The average Bonchev–Trinajstić information content (AvgIpc) is 3.42. The maximum Gasteiger partial charge on any atom is 0.419 e. The Morgan fingerprint density at radius 3 is 2.32 bits per heavy atom. The van der Waals surface area contributed by atoms with Gasteiger partial charge in [0.15, 0.2) is 11.2 Å². The first-order valence-electron chi connectivity index (χ1n) is 13.2. The standard InChI is InChI=1S/C28H33ClN6O6/c1-27(2,3)40-25(38)32-11-12-33-20(15-32)30-22-21(33)23(36)34(24(37)31(22)7)14-16-13-17-18(29)9-8-10-19(17)35(16)26(39)41-28(4,5)6/h8-10,13H,11-12,14-15H2,1-7H3. The van der Waals surface area contributed by atoms with Gasteiger partial charge in [-0.05, 0) is 59.7 Å². The highest BCUT2D eigenvalue weighted by atomic mass is 35.5. The number of halogens is 1. The summed E-state index contributed by atoms with van der Waals surface area (Å²) in [7, 11) is 1.53. The van der Waals surface area contributed by atoms with Crippen molar-refractivity contribution in [3.8, 4) is 0 Å². The molecule has 0 N–H and O–H groups in total. The number of benzene rings is 1. The van der Waals surface area contributed by atoms with Crippen molar-refractivity contribution in [3.63, 3.8) is 0 Å². The molecule has 1 aliphatic rings. The highest BCUT2D eigenvalue weighted by molar-refractivity contribution is 6.35. The zero-order valence-electron chi connectivity index (χ0n) is 24.1. The molecule has 218 valence electrons. The molecule has 0 spiro atoms. The number of imidazole rings is 1. The van der Waals surface area contributed by atoms with Crippen molar-refractivity contribution in [1.82, 2.24) is 28.2 Å². The van der Waals surface area contributed by atoms with E-state index >= 15 is 0 Å². The molecular formula is C28H33ClN6O6. The Morgan fingerprint density at radius 1 is 1.00 bits per heavy atom. The molecule has 0 radical (unpaired) electrons.